The lowest BCUT2D eigenvalue weighted by atomic mass is 9.91. The zero-order valence-corrected chi connectivity index (χ0v) is 20.3. The van der Waals surface area contributed by atoms with Crippen LogP contribution in [0, 0.1) is 0 Å². The molecule has 0 amide bonds. The number of nitrogens with one attached hydrogen (secondary N) is 1. The number of rotatable bonds is 7. The summed E-state index contributed by atoms with van der Waals surface area (Å²) in [4.78, 5) is 2.78. The third-order valence-corrected chi connectivity index (χ3v) is 7.98. The van der Waals surface area contributed by atoms with Gasteiger partial charge in [0.2, 0.25) is 0 Å². The van der Waals surface area contributed by atoms with Gasteiger partial charge in [-0.1, -0.05) is 115 Å². The number of piperidine rings is 1. The molecule has 4 aromatic rings. The fraction of sp³-hybridized carbons (Fsp3) is 0.273. The molecule has 4 aromatic carbocycles. The summed E-state index contributed by atoms with van der Waals surface area (Å²) < 4.78 is 0. The molecule has 35 heavy (non-hydrogen) atoms. The Morgan fingerprint density at radius 2 is 1.11 bits per heavy atom. The molecule has 0 saturated carbocycles. The van der Waals surface area contributed by atoms with E-state index in [1.54, 1.807) is 0 Å². The number of nitrogens with zero attached hydrogens (tertiary/aromatic N) is 1. The number of benzene rings is 4. The minimum atomic E-state index is 0.214. The zero-order valence-electron chi connectivity index (χ0n) is 20.3. The van der Waals surface area contributed by atoms with Crippen molar-refractivity contribution in [2.45, 2.75) is 56.4 Å². The molecule has 0 spiro atoms. The van der Waals surface area contributed by atoms with Crippen molar-refractivity contribution in [2.75, 3.05) is 0 Å². The lowest BCUT2D eigenvalue weighted by molar-refractivity contribution is 0.107. The topological polar surface area (TPSA) is 15.3 Å². The van der Waals surface area contributed by atoms with E-state index in [9.17, 15) is 0 Å². The van der Waals surface area contributed by atoms with Crippen LogP contribution in [0.5, 0.6) is 0 Å². The Balaban J connectivity index is 1.20. The van der Waals surface area contributed by atoms with Crippen LogP contribution >= 0.6 is 0 Å². The van der Waals surface area contributed by atoms with Crippen molar-refractivity contribution in [3.05, 3.63) is 132 Å². The average molecular weight is 459 g/mol. The summed E-state index contributed by atoms with van der Waals surface area (Å²) in [6.45, 7) is 1.09. The fourth-order valence-corrected chi connectivity index (χ4v) is 6.23. The van der Waals surface area contributed by atoms with Crippen LogP contribution in [-0.2, 0) is 6.54 Å². The van der Waals surface area contributed by atoms with Gasteiger partial charge in [0, 0.05) is 24.7 Å². The molecule has 2 bridgehead atoms. The Morgan fingerprint density at radius 3 is 1.74 bits per heavy atom. The second kappa shape index (κ2) is 10.2. The summed E-state index contributed by atoms with van der Waals surface area (Å²) in [5, 5.41) is 4.11. The molecule has 1 N–H and O–H groups in total. The standard InChI is InChI=1S/C33H34N2/c1-4-10-25(11-5-1)24-35-31-20-21-32(35)23-30(22-31)34-33(28-14-8-3-9-15-28)29-18-16-27(17-19-29)26-12-6-2-7-13-26/h1-19,30-34H,20-24H2/t30?,31-,32+,33?. The molecule has 2 saturated heterocycles. The number of hydrogen-bond acceptors (Lipinski definition) is 2. The molecule has 2 aliphatic rings. The molecule has 2 nitrogen and oxygen atoms in total. The lowest BCUT2D eigenvalue weighted by Gasteiger charge is -2.40. The molecule has 4 atom stereocenters. The molecule has 6 rings (SSSR count). The second-order valence-corrected chi connectivity index (χ2v) is 10.2. The van der Waals surface area contributed by atoms with E-state index in [-0.39, 0.29) is 6.04 Å². The van der Waals surface area contributed by atoms with Gasteiger partial charge >= 0.3 is 0 Å². The molecule has 2 fully saturated rings. The van der Waals surface area contributed by atoms with Crippen molar-refractivity contribution in [2.24, 2.45) is 0 Å². The van der Waals surface area contributed by atoms with Crippen LogP contribution in [-0.4, -0.2) is 23.0 Å². The highest BCUT2D eigenvalue weighted by molar-refractivity contribution is 5.63. The molecular weight excluding hydrogens is 424 g/mol. The van der Waals surface area contributed by atoms with Gasteiger partial charge in [0.1, 0.15) is 0 Å². The molecule has 2 heterocycles. The fourth-order valence-electron chi connectivity index (χ4n) is 6.23. The molecule has 0 aromatic heterocycles. The van der Waals surface area contributed by atoms with E-state index in [0.29, 0.717) is 18.1 Å². The van der Waals surface area contributed by atoms with Crippen molar-refractivity contribution < 1.29 is 0 Å². The highest BCUT2D eigenvalue weighted by Crippen LogP contribution is 2.38. The van der Waals surface area contributed by atoms with Crippen LogP contribution in [0.25, 0.3) is 11.1 Å². The van der Waals surface area contributed by atoms with E-state index in [0.717, 1.165) is 6.54 Å². The van der Waals surface area contributed by atoms with Crippen LogP contribution in [0.3, 0.4) is 0 Å². The predicted octanol–water partition coefficient (Wildman–Crippen LogP) is 7.23. The van der Waals surface area contributed by atoms with Crippen molar-refractivity contribution >= 4 is 0 Å². The Labute approximate surface area is 209 Å². The molecule has 2 aliphatic heterocycles. The first-order valence-corrected chi connectivity index (χ1v) is 13.1. The lowest BCUT2D eigenvalue weighted by Crippen LogP contribution is -2.49. The highest BCUT2D eigenvalue weighted by atomic mass is 15.2. The molecular formula is C33H34N2. The molecule has 2 heteroatoms. The zero-order chi connectivity index (χ0) is 23.5. The van der Waals surface area contributed by atoms with E-state index < -0.39 is 0 Å². The summed E-state index contributed by atoms with van der Waals surface area (Å²) in [7, 11) is 0. The van der Waals surface area contributed by atoms with Gasteiger partial charge in [-0.25, -0.2) is 0 Å². The van der Waals surface area contributed by atoms with E-state index in [1.807, 2.05) is 0 Å². The number of fused-ring (bicyclic) bond motifs is 2. The van der Waals surface area contributed by atoms with Crippen LogP contribution < -0.4 is 5.32 Å². The van der Waals surface area contributed by atoms with Crippen molar-refractivity contribution in [3.63, 3.8) is 0 Å². The minimum Gasteiger partial charge on any atom is -0.303 e. The van der Waals surface area contributed by atoms with Gasteiger partial charge in [-0.15, -0.1) is 0 Å². The number of hydrogen-bond donors (Lipinski definition) is 1. The van der Waals surface area contributed by atoms with Gasteiger partial charge < -0.3 is 5.32 Å². The van der Waals surface area contributed by atoms with Crippen LogP contribution in [0.15, 0.2) is 115 Å². The third kappa shape index (κ3) is 4.96. The summed E-state index contributed by atoms with van der Waals surface area (Å²) in [6, 6.07) is 43.9. The maximum atomic E-state index is 4.11. The van der Waals surface area contributed by atoms with Crippen molar-refractivity contribution in [1.82, 2.24) is 10.2 Å². The van der Waals surface area contributed by atoms with Crippen LogP contribution in [0.1, 0.15) is 48.4 Å². The Morgan fingerprint density at radius 1 is 0.600 bits per heavy atom. The SMILES string of the molecule is c1ccc(CN2[C@@H]3CC[C@H]2CC(NC(c2ccccc2)c2ccc(-c4ccccc4)cc2)C3)cc1. The van der Waals surface area contributed by atoms with Gasteiger partial charge in [-0.2, -0.15) is 0 Å². The summed E-state index contributed by atoms with van der Waals surface area (Å²) >= 11 is 0. The summed E-state index contributed by atoms with van der Waals surface area (Å²) in [5.74, 6) is 0. The predicted molar refractivity (Wildman–Crippen MR) is 145 cm³/mol. The van der Waals surface area contributed by atoms with Gasteiger partial charge in [0.05, 0.1) is 6.04 Å². The van der Waals surface area contributed by atoms with Gasteiger partial charge in [0.15, 0.2) is 0 Å². The minimum absolute atomic E-state index is 0.214. The first-order chi connectivity index (χ1) is 17.3. The van der Waals surface area contributed by atoms with Gasteiger partial charge in [0.25, 0.3) is 0 Å². The van der Waals surface area contributed by atoms with Gasteiger partial charge in [-0.05, 0) is 53.5 Å². The second-order valence-electron chi connectivity index (χ2n) is 10.2. The summed E-state index contributed by atoms with van der Waals surface area (Å²) in [5.41, 5.74) is 6.67. The van der Waals surface area contributed by atoms with E-state index in [1.165, 1.54) is 53.5 Å². The van der Waals surface area contributed by atoms with Crippen LogP contribution in [0.4, 0.5) is 0 Å². The maximum absolute atomic E-state index is 4.11. The molecule has 2 unspecified atom stereocenters. The van der Waals surface area contributed by atoms with Crippen molar-refractivity contribution in [3.8, 4) is 11.1 Å². The van der Waals surface area contributed by atoms with Gasteiger partial charge in [-0.3, -0.25) is 4.90 Å². The van der Waals surface area contributed by atoms with Crippen LogP contribution in [0.2, 0.25) is 0 Å². The molecule has 0 aliphatic carbocycles. The molecule has 0 radical (unpaired) electrons. The summed E-state index contributed by atoms with van der Waals surface area (Å²) in [6.07, 6.45) is 5.12. The average Bonchev–Trinajstić information content (AvgIpc) is 3.15. The molecule has 176 valence electrons. The largest absolute Gasteiger partial charge is 0.303 e. The maximum Gasteiger partial charge on any atom is 0.0578 e. The quantitative estimate of drug-likeness (QED) is 0.314. The smallest absolute Gasteiger partial charge is 0.0578 e. The van der Waals surface area contributed by atoms with Crippen molar-refractivity contribution in [1.29, 1.82) is 0 Å². The monoisotopic (exact) mass is 458 g/mol. The van der Waals surface area contributed by atoms with E-state index in [2.05, 4.69) is 125 Å². The first-order valence-electron chi connectivity index (χ1n) is 13.1. The Bertz CT molecular complexity index is 1190. The Kier molecular flexibility index (Phi) is 6.49. The highest BCUT2D eigenvalue weighted by Gasteiger charge is 2.41. The van der Waals surface area contributed by atoms with E-state index in [4.69, 9.17) is 0 Å². The van der Waals surface area contributed by atoms with E-state index >= 15 is 0 Å². The Hall–Kier alpha value is -3.20. The normalized spacial score (nSPS) is 22.7. The third-order valence-electron chi connectivity index (χ3n) is 7.98. The first kappa shape index (κ1) is 22.3.